The number of rotatable bonds is 4. The van der Waals surface area contributed by atoms with Gasteiger partial charge < -0.3 is 0 Å². The van der Waals surface area contributed by atoms with Crippen molar-refractivity contribution in [1.82, 2.24) is 0 Å². The molecule has 0 amide bonds. The second-order valence-corrected chi connectivity index (χ2v) is 5.34. The average Bonchev–Trinajstić information content (AvgIpc) is 2.47. The van der Waals surface area contributed by atoms with E-state index >= 15 is 0 Å². The molecule has 0 radical (unpaired) electrons. The Labute approximate surface area is 114 Å². The summed E-state index contributed by atoms with van der Waals surface area (Å²) in [5, 5.41) is 0. The first kappa shape index (κ1) is 12.8. The minimum Gasteiger partial charge on any atom is -0.295 e. The van der Waals surface area contributed by atoms with E-state index in [0.717, 1.165) is 0 Å². The fraction of sp³-hybridized carbons (Fsp3) is 0.0667. The lowest BCUT2D eigenvalue weighted by atomic mass is 10.0. The van der Waals surface area contributed by atoms with Gasteiger partial charge in [0.15, 0.2) is 11.6 Å². The molecule has 0 spiro atoms. The van der Waals surface area contributed by atoms with Crippen LogP contribution in [0.5, 0.6) is 0 Å². The van der Waals surface area contributed by atoms with E-state index in [2.05, 4.69) is 0 Å². The highest BCUT2D eigenvalue weighted by Gasteiger charge is 2.23. The number of hydrogen-bond acceptors (Lipinski definition) is 2. The van der Waals surface area contributed by atoms with Gasteiger partial charge in [-0.1, -0.05) is 60.7 Å². The van der Waals surface area contributed by atoms with Gasteiger partial charge in [-0.15, -0.1) is 0 Å². The smallest absolute Gasteiger partial charge is 0.241 e. The molecule has 2 aromatic rings. The van der Waals surface area contributed by atoms with Crippen LogP contribution in [0.4, 0.5) is 0 Å². The summed E-state index contributed by atoms with van der Waals surface area (Å²) in [5.41, 5.74) is 1.23. The molecule has 0 bridgehead atoms. The largest absolute Gasteiger partial charge is 0.295 e. The third-order valence-corrected chi connectivity index (χ3v) is 3.95. The van der Waals surface area contributed by atoms with Gasteiger partial charge in [-0.25, -0.2) is 0 Å². The van der Waals surface area contributed by atoms with Crippen LogP contribution >= 0.6 is 0 Å². The molecule has 0 saturated heterocycles. The maximum absolute atomic E-state index is 12.2. The first-order valence-electron chi connectivity index (χ1n) is 5.88. The molecule has 0 aliphatic rings. The second-order valence-electron chi connectivity index (χ2n) is 4.18. The summed E-state index contributed by atoms with van der Waals surface area (Å²) in [6.45, 7) is 0. The summed E-state index contributed by atoms with van der Waals surface area (Å²) in [6.07, 6.45) is 0. The van der Waals surface area contributed by atoms with Crippen molar-refractivity contribution in [3.05, 3.63) is 71.8 Å². The van der Waals surface area contributed by atoms with Crippen LogP contribution < -0.4 is 0 Å². The van der Waals surface area contributed by atoms with E-state index in [4.69, 9.17) is 0 Å². The van der Waals surface area contributed by atoms with Crippen molar-refractivity contribution in [3.8, 4) is 0 Å². The Morgan fingerprint density at radius 2 is 1.06 bits per heavy atom. The van der Waals surface area contributed by atoms with Gasteiger partial charge >= 0.3 is 0 Å². The molecule has 0 heterocycles. The first-order valence-corrected chi connectivity index (χ1v) is 7.04. The fourth-order valence-electron chi connectivity index (χ4n) is 1.82. The van der Waals surface area contributed by atoms with Crippen molar-refractivity contribution >= 4 is 27.9 Å². The lowest BCUT2D eigenvalue weighted by Gasteiger charge is -2.09. The Morgan fingerprint density at radius 1 is 0.722 bits per heavy atom. The van der Waals surface area contributed by atoms with Crippen LogP contribution in [0.25, 0.3) is 0 Å². The van der Waals surface area contributed by atoms with Crippen molar-refractivity contribution in [1.29, 1.82) is 0 Å². The van der Waals surface area contributed by atoms with Crippen molar-refractivity contribution < 1.29 is 9.59 Å². The third kappa shape index (κ3) is 2.76. The molecular weight excluding hydrogens is 239 g/mol. The number of carbonyl (C=O) groups excluding carboxylic acids is 2. The second kappa shape index (κ2) is 5.77. The van der Waals surface area contributed by atoms with Gasteiger partial charge in [0.05, 0.1) is 0 Å². The van der Waals surface area contributed by atoms with E-state index in [0.29, 0.717) is 27.4 Å². The van der Waals surface area contributed by atoms with E-state index in [-0.39, 0.29) is 11.6 Å². The quantitative estimate of drug-likeness (QED) is 0.475. The van der Waals surface area contributed by atoms with Gasteiger partial charge in [-0.05, 0) is 0 Å². The Bertz CT molecular complexity index is 498. The SMILES string of the molecule is O=C(c1ccccc1)[CH]([AlH2])C(=O)c1ccccc1. The van der Waals surface area contributed by atoms with Gasteiger partial charge in [0, 0.05) is 15.9 Å². The minimum absolute atomic E-state index is 0.0730. The predicted molar refractivity (Wildman–Crippen MR) is 73.8 cm³/mol. The number of carbonyl (C=O) groups is 2. The van der Waals surface area contributed by atoms with Crippen LogP contribution in [0.1, 0.15) is 20.7 Å². The van der Waals surface area contributed by atoms with Gasteiger partial charge in [0.25, 0.3) is 0 Å². The van der Waals surface area contributed by atoms with Crippen LogP contribution in [0, 0.1) is 0 Å². The topological polar surface area (TPSA) is 34.1 Å². The zero-order chi connectivity index (χ0) is 13.0. The molecule has 2 rings (SSSR count). The maximum atomic E-state index is 12.2. The van der Waals surface area contributed by atoms with Gasteiger partial charge in [0.2, 0.25) is 16.3 Å². The fourth-order valence-corrected chi connectivity index (χ4v) is 2.49. The first-order chi connectivity index (χ1) is 8.70. The maximum Gasteiger partial charge on any atom is 0.241 e. The normalized spacial score (nSPS) is 10.3. The summed E-state index contributed by atoms with van der Waals surface area (Å²) in [4.78, 5) is 24.3. The van der Waals surface area contributed by atoms with Gasteiger partial charge in [0.1, 0.15) is 0 Å². The predicted octanol–water partition coefficient (Wildman–Crippen LogP) is 2.17. The van der Waals surface area contributed by atoms with Crippen LogP contribution in [0.15, 0.2) is 60.7 Å². The van der Waals surface area contributed by atoms with Crippen molar-refractivity contribution in [2.24, 2.45) is 0 Å². The standard InChI is InChI=1S/C15H11O2.Al.2H/c16-14(12-7-3-1-4-8-12)11-15(17)13-9-5-2-6-10-13;;;/h1-11H;;;. The molecule has 2 aromatic carbocycles. The van der Waals surface area contributed by atoms with E-state index < -0.39 is 4.78 Å². The number of Topliss-reactive ketones (excluding diaryl/α,β-unsaturated/α-hetero) is 2. The van der Waals surface area contributed by atoms with E-state index in [1.165, 1.54) is 0 Å². The molecule has 0 N–H and O–H groups in total. The van der Waals surface area contributed by atoms with Gasteiger partial charge in [-0.2, -0.15) is 0 Å². The molecule has 0 aliphatic carbocycles. The van der Waals surface area contributed by atoms with Crippen LogP contribution in [0.3, 0.4) is 0 Å². The summed E-state index contributed by atoms with van der Waals surface area (Å²) in [5.74, 6) is -0.146. The molecule has 0 atom stereocenters. The highest BCUT2D eigenvalue weighted by molar-refractivity contribution is 6.42. The van der Waals surface area contributed by atoms with Crippen LogP contribution in [0.2, 0.25) is 4.78 Å². The monoisotopic (exact) mass is 252 g/mol. The Hall–Kier alpha value is -1.69. The average molecular weight is 252 g/mol. The highest BCUT2D eigenvalue weighted by Crippen LogP contribution is 2.16. The third-order valence-electron chi connectivity index (χ3n) is 2.90. The van der Waals surface area contributed by atoms with E-state index in [1.807, 2.05) is 36.4 Å². The number of ketones is 2. The Kier molecular flexibility index (Phi) is 4.09. The molecule has 0 aromatic heterocycles. The molecular formula is C15H13AlO2. The Morgan fingerprint density at radius 3 is 1.39 bits per heavy atom. The molecule has 0 saturated carbocycles. The van der Waals surface area contributed by atoms with E-state index in [1.54, 1.807) is 24.3 Å². The molecule has 88 valence electrons. The molecule has 18 heavy (non-hydrogen) atoms. The lowest BCUT2D eigenvalue weighted by Crippen LogP contribution is -2.19. The minimum atomic E-state index is -0.505. The number of hydrogen-bond donors (Lipinski definition) is 0. The summed E-state index contributed by atoms with van der Waals surface area (Å²) in [6, 6.07) is 18.0. The molecule has 0 aliphatic heterocycles. The molecule has 0 fully saturated rings. The summed E-state index contributed by atoms with van der Waals surface area (Å²) >= 11 is 0.527. The molecule has 3 heteroatoms. The van der Waals surface area contributed by atoms with Crippen LogP contribution in [-0.4, -0.2) is 27.9 Å². The zero-order valence-electron chi connectivity index (χ0n) is 10.2. The molecule has 0 unspecified atom stereocenters. The molecule has 2 nitrogen and oxygen atoms in total. The van der Waals surface area contributed by atoms with Crippen molar-refractivity contribution in [3.63, 3.8) is 0 Å². The van der Waals surface area contributed by atoms with Crippen molar-refractivity contribution in [2.75, 3.05) is 0 Å². The summed E-state index contributed by atoms with van der Waals surface area (Å²) in [7, 11) is 0. The van der Waals surface area contributed by atoms with E-state index in [9.17, 15) is 9.59 Å². The highest BCUT2D eigenvalue weighted by atomic mass is 27.0. The Balaban J connectivity index is 2.20. The summed E-state index contributed by atoms with van der Waals surface area (Å²) < 4.78 is -0.505. The van der Waals surface area contributed by atoms with Crippen molar-refractivity contribution in [2.45, 2.75) is 4.78 Å². The van der Waals surface area contributed by atoms with Gasteiger partial charge in [-0.3, -0.25) is 9.59 Å². The van der Waals surface area contributed by atoms with Crippen LogP contribution in [-0.2, 0) is 0 Å². The number of benzene rings is 2. The zero-order valence-corrected chi connectivity index (χ0v) is 12.2. The lowest BCUT2D eigenvalue weighted by molar-refractivity contribution is 0.0895.